The van der Waals surface area contributed by atoms with Crippen LogP contribution in [0.4, 0.5) is 0 Å². The number of hydrogen-bond acceptors (Lipinski definition) is 1. The summed E-state index contributed by atoms with van der Waals surface area (Å²) >= 11 is 0. The normalized spacial score (nSPS) is 21.0. The molecule has 0 aromatic carbocycles. The quantitative estimate of drug-likeness (QED) is 0.594. The Morgan fingerprint density at radius 2 is 1.82 bits per heavy atom. The highest BCUT2D eigenvalue weighted by molar-refractivity contribution is 6.71. The molecule has 0 unspecified atom stereocenters. The molecule has 1 saturated carbocycles. The molecule has 0 amide bonds. The molecule has 0 bridgehead atoms. The van der Waals surface area contributed by atoms with E-state index < -0.39 is 8.32 Å². The Morgan fingerprint density at radius 1 is 1.27 bits per heavy atom. The fourth-order valence-electron chi connectivity index (χ4n) is 1.54. The highest BCUT2D eigenvalue weighted by atomic mass is 28.4. The van der Waals surface area contributed by atoms with Gasteiger partial charge >= 0.3 is 0 Å². The van der Waals surface area contributed by atoms with E-state index in [9.17, 15) is 0 Å². The van der Waals surface area contributed by atoms with Crippen LogP contribution in [-0.2, 0) is 4.43 Å². The molecule has 0 spiro atoms. The first-order chi connectivity index (χ1) is 5.14. The molecule has 0 aliphatic heterocycles. The van der Waals surface area contributed by atoms with Gasteiger partial charge in [0.1, 0.15) is 0 Å². The van der Waals surface area contributed by atoms with Crippen LogP contribution in [0.5, 0.6) is 0 Å². The molecule has 1 aliphatic carbocycles. The van der Waals surface area contributed by atoms with E-state index in [1.165, 1.54) is 31.7 Å². The van der Waals surface area contributed by atoms with E-state index in [-0.39, 0.29) is 0 Å². The minimum atomic E-state index is -1.24. The van der Waals surface area contributed by atoms with Crippen LogP contribution >= 0.6 is 0 Å². The lowest BCUT2D eigenvalue weighted by Gasteiger charge is -2.25. The molecular formula is C9H20OSi. The molecule has 0 atom stereocenters. The van der Waals surface area contributed by atoms with Crippen LogP contribution in [0.15, 0.2) is 0 Å². The summed E-state index contributed by atoms with van der Waals surface area (Å²) in [7, 11) is -1.24. The Bertz CT molecular complexity index is 117. The van der Waals surface area contributed by atoms with Gasteiger partial charge in [0.2, 0.25) is 0 Å². The van der Waals surface area contributed by atoms with Gasteiger partial charge in [0, 0.05) is 6.10 Å². The Labute approximate surface area is 71.3 Å². The molecule has 2 heteroatoms. The molecular weight excluding hydrogens is 152 g/mol. The van der Waals surface area contributed by atoms with Crippen LogP contribution < -0.4 is 0 Å². The molecule has 1 aliphatic rings. The van der Waals surface area contributed by atoms with E-state index in [2.05, 4.69) is 20.0 Å². The Morgan fingerprint density at radius 3 is 2.27 bits per heavy atom. The van der Waals surface area contributed by atoms with Gasteiger partial charge in [-0.25, -0.2) is 0 Å². The van der Waals surface area contributed by atoms with Gasteiger partial charge in [0.15, 0.2) is 8.32 Å². The van der Waals surface area contributed by atoms with Crippen LogP contribution in [0.2, 0.25) is 19.1 Å². The fourth-order valence-corrected chi connectivity index (χ4v) is 2.85. The van der Waals surface area contributed by atoms with Gasteiger partial charge in [-0.2, -0.15) is 0 Å². The zero-order valence-corrected chi connectivity index (χ0v) is 9.02. The van der Waals surface area contributed by atoms with E-state index in [0.717, 1.165) is 0 Å². The summed E-state index contributed by atoms with van der Waals surface area (Å²) in [4.78, 5) is 0. The highest BCUT2D eigenvalue weighted by Gasteiger charge is 2.26. The van der Waals surface area contributed by atoms with Crippen LogP contribution in [-0.4, -0.2) is 14.4 Å². The lowest BCUT2D eigenvalue weighted by molar-refractivity contribution is 0.200. The first kappa shape index (κ1) is 9.27. The molecule has 11 heavy (non-hydrogen) atoms. The molecule has 66 valence electrons. The second-order valence-corrected chi connectivity index (χ2v) is 8.60. The summed E-state index contributed by atoms with van der Waals surface area (Å²) in [6, 6.07) is 1.25. The first-order valence-corrected chi connectivity index (χ1v) is 7.93. The molecule has 0 radical (unpaired) electrons. The zero-order chi connectivity index (χ0) is 8.32. The van der Waals surface area contributed by atoms with Crippen molar-refractivity contribution < 1.29 is 4.43 Å². The number of hydrogen-bond donors (Lipinski definition) is 0. The zero-order valence-electron chi connectivity index (χ0n) is 8.02. The van der Waals surface area contributed by atoms with Crippen molar-refractivity contribution in [3.63, 3.8) is 0 Å². The lowest BCUT2D eigenvalue weighted by atomic mass is 10.3. The summed E-state index contributed by atoms with van der Waals surface area (Å²) in [6.45, 7) is 6.90. The van der Waals surface area contributed by atoms with Crippen LogP contribution in [0, 0.1) is 0 Å². The third kappa shape index (κ3) is 2.95. The molecule has 1 nitrogen and oxygen atoms in total. The highest BCUT2D eigenvalue weighted by Crippen LogP contribution is 2.25. The molecule has 0 aromatic rings. The van der Waals surface area contributed by atoms with Crippen molar-refractivity contribution >= 4 is 8.32 Å². The van der Waals surface area contributed by atoms with Crippen LogP contribution in [0.3, 0.4) is 0 Å². The maximum atomic E-state index is 6.09. The second kappa shape index (κ2) is 3.72. The summed E-state index contributed by atoms with van der Waals surface area (Å²) in [6.07, 6.45) is 6.03. The van der Waals surface area contributed by atoms with Crippen molar-refractivity contribution in [1.82, 2.24) is 0 Å². The van der Waals surface area contributed by atoms with Crippen molar-refractivity contribution in [3.05, 3.63) is 0 Å². The van der Waals surface area contributed by atoms with Crippen molar-refractivity contribution in [2.75, 3.05) is 0 Å². The van der Waals surface area contributed by atoms with E-state index in [1.807, 2.05) is 0 Å². The van der Waals surface area contributed by atoms with Gasteiger partial charge in [-0.3, -0.25) is 0 Å². The summed E-state index contributed by atoms with van der Waals surface area (Å²) in [5.74, 6) is 0. The Kier molecular flexibility index (Phi) is 3.13. The van der Waals surface area contributed by atoms with Crippen LogP contribution in [0.1, 0.15) is 32.6 Å². The van der Waals surface area contributed by atoms with Gasteiger partial charge in [-0.1, -0.05) is 19.8 Å². The molecule has 0 aromatic heterocycles. The largest absolute Gasteiger partial charge is 0.414 e. The fraction of sp³-hybridized carbons (Fsp3) is 1.00. The number of rotatable bonds is 3. The first-order valence-electron chi connectivity index (χ1n) is 4.82. The van der Waals surface area contributed by atoms with Crippen LogP contribution in [0.25, 0.3) is 0 Å². The third-order valence-corrected chi connectivity index (χ3v) is 5.31. The van der Waals surface area contributed by atoms with Crippen molar-refractivity contribution in [1.29, 1.82) is 0 Å². The van der Waals surface area contributed by atoms with E-state index in [4.69, 9.17) is 4.43 Å². The van der Waals surface area contributed by atoms with E-state index in [0.29, 0.717) is 6.10 Å². The molecule has 1 fully saturated rings. The lowest BCUT2D eigenvalue weighted by Crippen LogP contribution is -2.33. The monoisotopic (exact) mass is 172 g/mol. The van der Waals surface area contributed by atoms with Gasteiger partial charge in [-0.15, -0.1) is 0 Å². The summed E-state index contributed by atoms with van der Waals surface area (Å²) in [5, 5.41) is 0. The van der Waals surface area contributed by atoms with Gasteiger partial charge in [-0.05, 0) is 32.0 Å². The average Bonchev–Trinajstić information content (AvgIpc) is 2.39. The average molecular weight is 172 g/mol. The van der Waals surface area contributed by atoms with E-state index >= 15 is 0 Å². The van der Waals surface area contributed by atoms with Crippen molar-refractivity contribution in [2.24, 2.45) is 0 Å². The molecule has 0 heterocycles. The van der Waals surface area contributed by atoms with Crippen molar-refractivity contribution in [2.45, 2.75) is 57.8 Å². The Balaban J connectivity index is 2.28. The maximum Gasteiger partial charge on any atom is 0.186 e. The van der Waals surface area contributed by atoms with Gasteiger partial charge < -0.3 is 4.43 Å². The predicted molar refractivity (Wildman–Crippen MR) is 51.3 cm³/mol. The topological polar surface area (TPSA) is 9.23 Å². The molecule has 0 N–H and O–H groups in total. The predicted octanol–water partition coefficient (Wildman–Crippen LogP) is 3.17. The maximum absolute atomic E-state index is 6.09. The Hall–Kier alpha value is 0.177. The molecule has 0 saturated heterocycles. The standard InChI is InChI=1S/C9H20OSi/c1-4-11(2,3)10-9-7-5-6-8-9/h9H,4-8H2,1-3H3. The van der Waals surface area contributed by atoms with E-state index in [1.54, 1.807) is 0 Å². The second-order valence-electron chi connectivity index (χ2n) is 4.14. The minimum absolute atomic E-state index is 0.622. The van der Waals surface area contributed by atoms with Gasteiger partial charge in [0.05, 0.1) is 0 Å². The summed E-state index contributed by atoms with van der Waals surface area (Å²) < 4.78 is 6.09. The SMILES string of the molecule is CC[Si](C)(C)OC1CCCC1. The van der Waals surface area contributed by atoms with Crippen molar-refractivity contribution in [3.8, 4) is 0 Å². The smallest absolute Gasteiger partial charge is 0.186 e. The third-order valence-electron chi connectivity index (χ3n) is 2.64. The molecule has 1 rings (SSSR count). The summed E-state index contributed by atoms with van der Waals surface area (Å²) in [5.41, 5.74) is 0. The minimum Gasteiger partial charge on any atom is -0.414 e. The van der Waals surface area contributed by atoms with Gasteiger partial charge in [0.25, 0.3) is 0 Å².